The molecule has 0 bridgehead atoms. The highest BCUT2D eigenvalue weighted by Gasteiger charge is 2.04. The standard InChI is InChI=1S/C16H18ClN5S2.HI/c1-18-15(19-6-8-23-14-4-2-12(17)3-5-14)20-10-13-11-22-7-9-24-16(22)21-13;/h2-5,7,9,11H,6,8,10H2,1H3,(H2,18,19,20);1H. The molecule has 0 saturated heterocycles. The molecule has 0 aliphatic rings. The van der Waals surface area contributed by atoms with Crippen LogP contribution in [0.2, 0.25) is 5.02 Å². The monoisotopic (exact) mass is 507 g/mol. The van der Waals surface area contributed by atoms with Crippen LogP contribution in [-0.2, 0) is 6.54 Å². The van der Waals surface area contributed by atoms with Crippen molar-refractivity contribution in [2.75, 3.05) is 19.3 Å². The van der Waals surface area contributed by atoms with E-state index in [9.17, 15) is 0 Å². The van der Waals surface area contributed by atoms with Crippen molar-refractivity contribution in [1.82, 2.24) is 20.0 Å². The Bertz CT molecular complexity index is 787. The minimum absolute atomic E-state index is 0. The molecule has 0 unspecified atom stereocenters. The van der Waals surface area contributed by atoms with Crippen LogP contribution in [0.25, 0.3) is 4.96 Å². The van der Waals surface area contributed by atoms with Gasteiger partial charge < -0.3 is 10.6 Å². The molecule has 25 heavy (non-hydrogen) atoms. The summed E-state index contributed by atoms with van der Waals surface area (Å²) in [6.45, 7) is 1.48. The normalized spacial score (nSPS) is 11.4. The fraction of sp³-hybridized carbons (Fsp3) is 0.250. The number of hydrogen-bond acceptors (Lipinski definition) is 4. The molecule has 0 spiro atoms. The van der Waals surface area contributed by atoms with Crippen molar-refractivity contribution in [1.29, 1.82) is 0 Å². The summed E-state index contributed by atoms with van der Waals surface area (Å²) in [5.74, 6) is 1.73. The van der Waals surface area contributed by atoms with Gasteiger partial charge in [-0.2, -0.15) is 0 Å². The van der Waals surface area contributed by atoms with Crippen molar-refractivity contribution in [3.05, 3.63) is 52.8 Å². The van der Waals surface area contributed by atoms with E-state index in [-0.39, 0.29) is 24.0 Å². The molecule has 3 aromatic rings. The Labute approximate surface area is 177 Å². The Balaban J connectivity index is 0.00000225. The molecule has 9 heteroatoms. The molecule has 2 aromatic heterocycles. The molecule has 0 aliphatic carbocycles. The molecule has 134 valence electrons. The van der Waals surface area contributed by atoms with E-state index in [0.29, 0.717) is 6.54 Å². The minimum Gasteiger partial charge on any atom is -0.356 e. The van der Waals surface area contributed by atoms with Crippen LogP contribution in [-0.4, -0.2) is 34.7 Å². The summed E-state index contributed by atoms with van der Waals surface area (Å²) >= 11 is 9.30. The number of benzene rings is 1. The fourth-order valence-electron chi connectivity index (χ4n) is 2.13. The van der Waals surface area contributed by atoms with Crippen LogP contribution in [0.3, 0.4) is 0 Å². The first-order chi connectivity index (χ1) is 11.7. The van der Waals surface area contributed by atoms with Gasteiger partial charge in [-0.15, -0.1) is 47.1 Å². The van der Waals surface area contributed by atoms with E-state index in [1.165, 1.54) is 4.90 Å². The largest absolute Gasteiger partial charge is 0.356 e. The van der Waals surface area contributed by atoms with Crippen LogP contribution in [0.15, 0.2) is 51.9 Å². The number of nitrogens with zero attached hydrogens (tertiary/aromatic N) is 3. The lowest BCUT2D eigenvalue weighted by molar-refractivity contribution is 0.818. The van der Waals surface area contributed by atoms with E-state index in [4.69, 9.17) is 11.6 Å². The van der Waals surface area contributed by atoms with Crippen LogP contribution in [0.4, 0.5) is 0 Å². The summed E-state index contributed by atoms with van der Waals surface area (Å²) in [6.07, 6.45) is 4.04. The average Bonchev–Trinajstić information content (AvgIpc) is 3.17. The molecule has 0 amide bonds. The molecule has 1 aromatic carbocycles. The Morgan fingerprint density at radius 3 is 2.84 bits per heavy atom. The van der Waals surface area contributed by atoms with Crippen LogP contribution in [0.5, 0.6) is 0 Å². The number of hydrogen-bond donors (Lipinski definition) is 2. The quantitative estimate of drug-likeness (QED) is 0.173. The molecule has 0 aliphatic heterocycles. The molecule has 5 nitrogen and oxygen atoms in total. The number of guanidine groups is 1. The van der Waals surface area contributed by atoms with Crippen molar-refractivity contribution in [3.63, 3.8) is 0 Å². The lowest BCUT2D eigenvalue weighted by atomic mass is 10.4. The number of aromatic nitrogens is 2. The number of halogens is 2. The van der Waals surface area contributed by atoms with E-state index < -0.39 is 0 Å². The number of aliphatic imine (C=N–C) groups is 1. The third kappa shape index (κ3) is 6.05. The second kappa shape index (κ2) is 10.2. The number of thiazole rings is 1. The fourth-order valence-corrected chi connectivity index (χ4v) is 3.74. The zero-order chi connectivity index (χ0) is 16.8. The van der Waals surface area contributed by atoms with Crippen molar-refractivity contribution in [2.24, 2.45) is 4.99 Å². The zero-order valence-electron chi connectivity index (χ0n) is 13.6. The van der Waals surface area contributed by atoms with E-state index in [1.807, 2.05) is 46.4 Å². The second-order valence-corrected chi connectivity index (χ2v) is 7.46. The lowest BCUT2D eigenvalue weighted by Gasteiger charge is -2.10. The highest BCUT2D eigenvalue weighted by molar-refractivity contribution is 14.0. The van der Waals surface area contributed by atoms with Gasteiger partial charge in [-0.1, -0.05) is 11.6 Å². The molecule has 0 radical (unpaired) electrons. The van der Waals surface area contributed by atoms with E-state index in [0.717, 1.165) is 33.9 Å². The maximum atomic E-state index is 5.89. The van der Waals surface area contributed by atoms with Gasteiger partial charge in [-0.25, -0.2) is 4.98 Å². The summed E-state index contributed by atoms with van der Waals surface area (Å²) in [5, 5.41) is 9.38. The summed E-state index contributed by atoms with van der Waals surface area (Å²) in [7, 11) is 1.77. The third-order valence-electron chi connectivity index (χ3n) is 3.28. The first kappa shape index (κ1) is 20.3. The maximum absolute atomic E-state index is 5.89. The van der Waals surface area contributed by atoms with E-state index in [2.05, 4.69) is 20.6 Å². The van der Waals surface area contributed by atoms with Gasteiger partial charge in [-0.05, 0) is 24.3 Å². The maximum Gasteiger partial charge on any atom is 0.193 e. The Kier molecular flexibility index (Phi) is 8.34. The Hall–Kier alpha value is -0.970. The van der Waals surface area contributed by atoms with E-state index >= 15 is 0 Å². The predicted molar refractivity (Wildman–Crippen MR) is 119 cm³/mol. The Morgan fingerprint density at radius 1 is 1.32 bits per heavy atom. The number of nitrogens with one attached hydrogen (secondary N) is 2. The number of imidazole rings is 1. The zero-order valence-corrected chi connectivity index (χ0v) is 18.3. The summed E-state index contributed by atoms with van der Waals surface area (Å²) in [5.41, 5.74) is 1.00. The second-order valence-electron chi connectivity index (χ2n) is 4.98. The van der Waals surface area contributed by atoms with E-state index in [1.54, 1.807) is 30.1 Å². The summed E-state index contributed by atoms with van der Waals surface area (Å²) in [4.78, 5) is 11.0. The van der Waals surface area contributed by atoms with Crippen LogP contribution in [0, 0.1) is 0 Å². The first-order valence-corrected chi connectivity index (χ1v) is 9.73. The van der Waals surface area contributed by atoms with Crippen LogP contribution < -0.4 is 10.6 Å². The molecule has 0 atom stereocenters. The van der Waals surface area contributed by atoms with Crippen LogP contribution in [0.1, 0.15) is 5.69 Å². The summed E-state index contributed by atoms with van der Waals surface area (Å²) in [6, 6.07) is 7.88. The van der Waals surface area contributed by atoms with Gasteiger partial charge in [0.15, 0.2) is 10.9 Å². The predicted octanol–water partition coefficient (Wildman–Crippen LogP) is 4.12. The van der Waals surface area contributed by atoms with Crippen molar-refractivity contribution in [2.45, 2.75) is 11.4 Å². The summed E-state index contributed by atoms with van der Waals surface area (Å²) < 4.78 is 2.03. The average molecular weight is 508 g/mol. The van der Waals surface area contributed by atoms with Gasteiger partial charge in [0.1, 0.15) is 0 Å². The lowest BCUT2D eigenvalue weighted by Crippen LogP contribution is -2.38. The molecule has 0 fully saturated rings. The molecular formula is C16H19ClIN5S2. The molecule has 2 N–H and O–H groups in total. The van der Waals surface area contributed by atoms with Gasteiger partial charge in [0.2, 0.25) is 0 Å². The molecule has 3 rings (SSSR count). The van der Waals surface area contributed by atoms with Gasteiger partial charge >= 0.3 is 0 Å². The number of rotatable bonds is 6. The SMILES string of the molecule is CN=C(NCCSc1ccc(Cl)cc1)NCc1cn2ccsc2n1.I. The van der Waals surface area contributed by atoms with Crippen LogP contribution >= 0.6 is 58.7 Å². The smallest absolute Gasteiger partial charge is 0.193 e. The number of fused-ring (bicyclic) bond motifs is 1. The van der Waals surface area contributed by atoms with Crippen molar-refractivity contribution >= 4 is 69.6 Å². The Morgan fingerprint density at radius 2 is 2.12 bits per heavy atom. The topological polar surface area (TPSA) is 53.7 Å². The molecule has 2 heterocycles. The van der Waals surface area contributed by atoms with Gasteiger partial charge in [0, 0.05) is 47.0 Å². The van der Waals surface area contributed by atoms with Gasteiger partial charge in [0.05, 0.1) is 12.2 Å². The first-order valence-electron chi connectivity index (χ1n) is 7.48. The van der Waals surface area contributed by atoms with Gasteiger partial charge in [0.25, 0.3) is 0 Å². The molecular weight excluding hydrogens is 489 g/mol. The van der Waals surface area contributed by atoms with Crippen molar-refractivity contribution < 1.29 is 0 Å². The third-order valence-corrected chi connectivity index (χ3v) is 5.32. The van der Waals surface area contributed by atoms with Crippen molar-refractivity contribution in [3.8, 4) is 0 Å². The minimum atomic E-state index is 0. The van der Waals surface area contributed by atoms with Gasteiger partial charge in [-0.3, -0.25) is 9.39 Å². The highest BCUT2D eigenvalue weighted by Crippen LogP contribution is 2.19. The highest BCUT2D eigenvalue weighted by atomic mass is 127. The molecule has 0 saturated carbocycles. The number of thioether (sulfide) groups is 1.